The normalized spacial score (nSPS) is 52.0. The van der Waals surface area contributed by atoms with Crippen LogP contribution in [0.1, 0.15) is 41.5 Å². The minimum absolute atomic E-state index is 0.0274. The van der Waals surface area contributed by atoms with E-state index in [2.05, 4.69) is 16.0 Å². The second-order valence-electron chi connectivity index (χ2n) is 35.0. The van der Waals surface area contributed by atoms with Crippen LogP contribution in [0.4, 0.5) is 4.39 Å². The number of ether oxygens (including phenoxy) is 15. The molecule has 9 heterocycles. The molecule has 0 spiro atoms. The largest absolute Gasteiger partial charge is 0.394 e. The van der Waals surface area contributed by atoms with Gasteiger partial charge in [-0.15, -0.1) is 0 Å². The summed E-state index contributed by atoms with van der Waals surface area (Å²) in [4.78, 5) is 0. The highest BCUT2D eigenvalue weighted by molar-refractivity contribution is 5.25. The van der Waals surface area contributed by atoms with Crippen molar-refractivity contribution in [2.45, 2.75) is 390 Å². The molecule has 132 heavy (non-hydrogen) atoms. The highest BCUT2D eigenvalue weighted by Gasteiger charge is 2.60. The van der Waals surface area contributed by atoms with Gasteiger partial charge in [0, 0.05) is 0 Å². The van der Waals surface area contributed by atoms with E-state index in [0.717, 1.165) is 0 Å². The van der Waals surface area contributed by atoms with Crippen molar-refractivity contribution in [2.24, 2.45) is 0 Å². The Morgan fingerprint density at radius 2 is 0.417 bits per heavy atom. The predicted octanol–water partition coefficient (Wildman–Crippen LogP) is -21.5. The molecule has 0 aromatic heterocycles. The second-order valence-corrected chi connectivity index (χ2v) is 35.0. The monoisotopic (exact) mass is 1930 g/mol. The van der Waals surface area contributed by atoms with Crippen LogP contribution in [-0.4, -0.2) is 587 Å². The van der Waals surface area contributed by atoms with Gasteiger partial charge in [0.05, 0.1) is 126 Å². The van der Waals surface area contributed by atoms with Gasteiger partial charge in [-0.1, -0.05) is 18.2 Å². The van der Waals surface area contributed by atoms with Crippen molar-refractivity contribution in [2.75, 3.05) is 59.5 Å². The van der Waals surface area contributed by atoms with E-state index in [4.69, 9.17) is 71.1 Å². The molecule has 768 valence electrons. The summed E-state index contributed by atoms with van der Waals surface area (Å²) in [5, 5.41) is 370. The summed E-state index contributed by atoms with van der Waals surface area (Å²) in [7, 11) is 0. The number of alkyl halides is 1. The first kappa shape index (κ1) is 111. The Bertz CT molecular complexity index is 3230. The van der Waals surface area contributed by atoms with E-state index in [0.29, 0.717) is 0 Å². The molecule has 9 aliphatic heterocycles. The zero-order valence-electron chi connectivity index (χ0n) is 72.2. The summed E-state index contributed by atoms with van der Waals surface area (Å²) < 4.78 is 97.5. The molecule has 57 unspecified atom stereocenters. The molecule has 9 saturated heterocycles. The van der Waals surface area contributed by atoms with Crippen molar-refractivity contribution in [3.05, 3.63) is 34.9 Å². The number of aliphatic hydroxyl groups excluding tert-OH is 35. The van der Waals surface area contributed by atoms with E-state index < -0.39 is 408 Å². The van der Waals surface area contributed by atoms with Crippen LogP contribution < -0.4 is 16.0 Å². The average molecular weight is 1930 g/mol. The first-order valence-electron chi connectivity index (χ1n) is 43.3. The maximum absolute atomic E-state index is 13.6. The number of hydrogen-bond acceptors (Lipinski definition) is 53. The highest BCUT2D eigenvalue weighted by Crippen LogP contribution is 2.40. The lowest BCUT2D eigenvalue weighted by molar-refractivity contribution is -0.367. The van der Waals surface area contributed by atoms with Gasteiger partial charge in [-0.25, -0.2) is 4.39 Å². The van der Waals surface area contributed by atoms with Crippen LogP contribution >= 0.6 is 0 Å². The first-order valence-corrected chi connectivity index (χ1v) is 43.3. The summed E-state index contributed by atoms with van der Waals surface area (Å²) in [6.07, 6.45) is -73.0. The van der Waals surface area contributed by atoms with Gasteiger partial charge in [0.1, 0.15) is 245 Å². The molecule has 12 rings (SSSR count). The molecular weight excluding hydrogens is 1800 g/mol. The molecule has 53 nitrogen and oxygen atoms in total. The maximum atomic E-state index is 13.6. The Kier molecular flexibility index (Phi) is 40.5. The number of aliphatic hydroxyl groups is 35. The van der Waals surface area contributed by atoms with Crippen LogP contribution in [0.25, 0.3) is 0 Å². The molecule has 57 atom stereocenters. The lowest BCUT2D eigenvalue weighted by Crippen LogP contribution is -2.68. The predicted molar refractivity (Wildman–Crippen MR) is 422 cm³/mol. The minimum Gasteiger partial charge on any atom is -0.394 e. The third kappa shape index (κ3) is 23.8. The van der Waals surface area contributed by atoms with Crippen LogP contribution in [-0.2, 0) is 71.1 Å². The molecule has 0 bridgehead atoms. The van der Waals surface area contributed by atoms with Gasteiger partial charge in [-0.05, 0) is 58.3 Å². The van der Waals surface area contributed by atoms with Crippen LogP contribution in [0.5, 0.6) is 0 Å². The van der Waals surface area contributed by atoms with Gasteiger partial charge in [0.2, 0.25) is 0 Å². The van der Waals surface area contributed by atoms with E-state index >= 15 is 0 Å². The Morgan fingerprint density at radius 3 is 0.629 bits per heavy atom. The standard InChI is InChI=1S/C26H44FNO16.2C26H45NO17/c1-7-13(28-10-3-9(5-29)15(32)18(35)16(10)33)17(34)21(38)25(41-7)44-24-12(6-30)42-26(22(39)20(24)37)43-23-11(4-27)40-8(2)14(31)19(23)36;2*1-7-13(27-10-3-9(4-28)15(32)18(35)16(10)33)17(34)21(38)25(41-7)43-24-12(6-30)42-26(22(39)20(24)37)44-23-11(5-29)40-8(2)14(31)19(23)36/h3,7-8,10-26,28-39H,4-6H2,1-2H3;2*3,7-8,10-39H,4-6H2,1-2H3/i27-1;;. The summed E-state index contributed by atoms with van der Waals surface area (Å²) >= 11 is 0. The fourth-order valence-electron chi connectivity index (χ4n) is 18.0. The Balaban J connectivity index is 0.000000205. The van der Waals surface area contributed by atoms with Crippen molar-refractivity contribution in [3.63, 3.8) is 0 Å². The topological polar surface area (TPSA) is 883 Å². The molecule has 0 aromatic carbocycles. The van der Waals surface area contributed by atoms with Gasteiger partial charge in [-0.3, -0.25) is 0 Å². The van der Waals surface area contributed by atoms with Crippen molar-refractivity contribution in [1.82, 2.24) is 16.0 Å². The second kappa shape index (κ2) is 48.2. The van der Waals surface area contributed by atoms with Crippen LogP contribution in [0.2, 0.25) is 0 Å². The Hall–Kier alpha value is -2.97. The van der Waals surface area contributed by atoms with Gasteiger partial charge < -0.3 is 266 Å². The SMILES string of the molecule is CC1OC(CO)C(OC2OC(CO)C(OC3OC(C)C(NC4C=C(CO)C(O)C(O)C4O)C(O)C3O)C(O)C2O)C(O)C1O.CC1OC(CO)C(OC2OC(CO)C(OC3OC(C)C(NC4C=C(CO)C(O)C(O)C4O)C(O)C3O)C(O)C2O)C(O)C1O.CC1OC(C[18F])C(OC2OC(CO)C(OC3OC(C)C(NC4C=C(CO)C(O)C(O)C4O)C(O)C3O)C(O)C2O)C(O)C1O. The van der Waals surface area contributed by atoms with Gasteiger partial charge >= 0.3 is 0 Å². The smallest absolute Gasteiger partial charge is 0.187 e. The van der Waals surface area contributed by atoms with Crippen molar-refractivity contribution in [1.29, 1.82) is 0 Å². The van der Waals surface area contributed by atoms with E-state index in [1.54, 1.807) is 0 Å². The van der Waals surface area contributed by atoms with E-state index in [1.165, 1.54) is 59.8 Å². The molecule has 12 aliphatic rings. The van der Waals surface area contributed by atoms with Crippen molar-refractivity contribution < 1.29 is 254 Å². The lowest BCUT2D eigenvalue weighted by Gasteiger charge is -2.48. The zero-order valence-corrected chi connectivity index (χ0v) is 72.2. The molecule has 9 fully saturated rings. The molecular formula is C78H134FN3O50. The van der Waals surface area contributed by atoms with E-state index in [9.17, 15) is 183 Å². The average Bonchev–Trinajstić information content (AvgIpc) is 0.774. The molecule has 0 amide bonds. The Labute approximate surface area is 752 Å². The molecule has 0 saturated carbocycles. The number of halogens is 1. The van der Waals surface area contributed by atoms with E-state index in [-0.39, 0.29) is 16.7 Å². The molecule has 38 N–H and O–H groups in total. The third-order valence-corrected chi connectivity index (χ3v) is 26.2. The van der Waals surface area contributed by atoms with Gasteiger partial charge in [0.15, 0.2) is 37.7 Å². The molecule has 0 aromatic rings. The minimum atomic E-state index is -1.91. The number of rotatable bonds is 27. The first-order chi connectivity index (χ1) is 62.2. The molecule has 0 radical (unpaired) electrons. The van der Waals surface area contributed by atoms with E-state index in [1.807, 2.05) is 0 Å². The fourth-order valence-corrected chi connectivity index (χ4v) is 18.0. The third-order valence-electron chi connectivity index (χ3n) is 26.2. The number of hydrogen-bond donors (Lipinski definition) is 38. The zero-order chi connectivity index (χ0) is 97.9. The molecule has 54 heteroatoms. The maximum Gasteiger partial charge on any atom is 0.187 e. The fraction of sp³-hybridized carbons (Fsp3) is 0.923. The highest BCUT2D eigenvalue weighted by atomic mass is 18.2. The summed E-state index contributed by atoms with van der Waals surface area (Å²) in [5.41, 5.74) is 0.0945. The molecule has 3 aliphatic carbocycles. The Morgan fingerprint density at radius 1 is 0.227 bits per heavy atom. The quantitative estimate of drug-likeness (QED) is 0.0340. The van der Waals surface area contributed by atoms with Gasteiger partial charge in [-0.2, -0.15) is 0 Å². The number of nitrogens with one attached hydrogen (secondary N) is 3. The van der Waals surface area contributed by atoms with Crippen LogP contribution in [0, 0.1) is 0 Å². The summed E-state index contributed by atoms with van der Waals surface area (Å²) in [6.45, 7) is 2.25. The van der Waals surface area contributed by atoms with Gasteiger partial charge in [0.25, 0.3) is 0 Å². The van der Waals surface area contributed by atoms with Crippen LogP contribution in [0.3, 0.4) is 0 Å². The summed E-state index contributed by atoms with van der Waals surface area (Å²) in [6, 6.07) is -6.43. The lowest BCUT2D eigenvalue weighted by atomic mass is 9.86. The summed E-state index contributed by atoms with van der Waals surface area (Å²) in [5.74, 6) is 0. The van der Waals surface area contributed by atoms with Crippen LogP contribution in [0.15, 0.2) is 34.9 Å². The van der Waals surface area contributed by atoms with Crippen molar-refractivity contribution in [3.8, 4) is 0 Å². The van der Waals surface area contributed by atoms with Crippen molar-refractivity contribution >= 4 is 0 Å².